The molecule has 1 fully saturated rings. The zero-order valence-corrected chi connectivity index (χ0v) is 7.06. The van der Waals surface area contributed by atoms with Crippen LogP contribution in [0.2, 0.25) is 0 Å². The van der Waals surface area contributed by atoms with Crippen LogP contribution in [0, 0.1) is 5.92 Å². The summed E-state index contributed by atoms with van der Waals surface area (Å²) in [7, 11) is 0. The fourth-order valence-corrected chi connectivity index (χ4v) is 1.86. The molecule has 0 aliphatic heterocycles. The minimum atomic E-state index is 0.370. The molecule has 0 saturated heterocycles. The lowest BCUT2D eigenvalue weighted by Crippen LogP contribution is -2.27. The van der Waals surface area contributed by atoms with Crippen molar-refractivity contribution in [2.24, 2.45) is 11.7 Å². The van der Waals surface area contributed by atoms with Gasteiger partial charge in [0.15, 0.2) is 0 Å². The van der Waals surface area contributed by atoms with E-state index in [1.54, 1.807) is 6.20 Å². The van der Waals surface area contributed by atoms with E-state index in [1.165, 1.54) is 19.3 Å². The van der Waals surface area contributed by atoms with E-state index in [0.717, 1.165) is 6.54 Å². The largest absolute Gasteiger partial charge is 0.327 e. The molecule has 0 spiro atoms. The Morgan fingerprint density at radius 2 is 2.42 bits per heavy atom. The second-order valence-electron chi connectivity index (χ2n) is 3.48. The van der Waals surface area contributed by atoms with Crippen molar-refractivity contribution in [1.29, 1.82) is 0 Å². The molecule has 0 amide bonds. The van der Waals surface area contributed by atoms with Gasteiger partial charge in [0.1, 0.15) is 0 Å². The quantitative estimate of drug-likeness (QED) is 0.692. The molecular formula is C8H14N4. The van der Waals surface area contributed by atoms with Gasteiger partial charge in [0.2, 0.25) is 0 Å². The standard InChI is InChI=1S/C8H14N4/c9-8-3-1-2-7(8)6-12-5-4-10-11-12/h4-5,7-8H,1-3,6,9H2/t7-,8-/m0/s1. The van der Waals surface area contributed by atoms with Crippen LogP contribution >= 0.6 is 0 Å². The highest BCUT2D eigenvalue weighted by atomic mass is 15.4. The summed E-state index contributed by atoms with van der Waals surface area (Å²) in [4.78, 5) is 0. The summed E-state index contributed by atoms with van der Waals surface area (Å²) in [6.07, 6.45) is 7.27. The molecule has 0 bridgehead atoms. The highest BCUT2D eigenvalue weighted by Crippen LogP contribution is 2.24. The van der Waals surface area contributed by atoms with E-state index in [4.69, 9.17) is 5.73 Å². The molecule has 12 heavy (non-hydrogen) atoms. The fraction of sp³-hybridized carbons (Fsp3) is 0.750. The normalized spacial score (nSPS) is 29.4. The van der Waals surface area contributed by atoms with Crippen molar-refractivity contribution in [1.82, 2.24) is 15.0 Å². The second-order valence-corrected chi connectivity index (χ2v) is 3.48. The third-order valence-corrected chi connectivity index (χ3v) is 2.61. The van der Waals surface area contributed by atoms with Gasteiger partial charge in [-0.2, -0.15) is 0 Å². The molecule has 0 aromatic carbocycles. The van der Waals surface area contributed by atoms with E-state index in [2.05, 4.69) is 10.3 Å². The van der Waals surface area contributed by atoms with Gasteiger partial charge in [-0.3, -0.25) is 4.68 Å². The topological polar surface area (TPSA) is 56.7 Å². The maximum Gasteiger partial charge on any atom is 0.0692 e. The van der Waals surface area contributed by atoms with Gasteiger partial charge in [-0.15, -0.1) is 5.10 Å². The molecule has 2 N–H and O–H groups in total. The van der Waals surface area contributed by atoms with Gasteiger partial charge < -0.3 is 5.73 Å². The van der Waals surface area contributed by atoms with Gasteiger partial charge >= 0.3 is 0 Å². The molecule has 0 unspecified atom stereocenters. The van der Waals surface area contributed by atoms with Crippen LogP contribution in [-0.4, -0.2) is 21.0 Å². The van der Waals surface area contributed by atoms with Gasteiger partial charge in [0, 0.05) is 18.8 Å². The molecule has 4 heteroatoms. The first-order valence-corrected chi connectivity index (χ1v) is 4.46. The second kappa shape index (κ2) is 3.23. The van der Waals surface area contributed by atoms with E-state index in [0.29, 0.717) is 12.0 Å². The summed E-state index contributed by atoms with van der Waals surface area (Å²) in [6, 6.07) is 0.370. The van der Waals surface area contributed by atoms with E-state index in [-0.39, 0.29) is 0 Å². The minimum absolute atomic E-state index is 0.370. The first-order chi connectivity index (χ1) is 5.86. The average molecular weight is 166 g/mol. The summed E-state index contributed by atoms with van der Waals surface area (Å²) in [5.74, 6) is 0.603. The molecule has 2 rings (SSSR count). The fourth-order valence-electron chi connectivity index (χ4n) is 1.86. The maximum atomic E-state index is 5.93. The third kappa shape index (κ3) is 1.48. The highest BCUT2D eigenvalue weighted by molar-refractivity contribution is 4.80. The smallest absolute Gasteiger partial charge is 0.0692 e. The summed E-state index contributed by atoms with van der Waals surface area (Å²) >= 11 is 0. The predicted molar refractivity (Wildman–Crippen MR) is 45.3 cm³/mol. The Kier molecular flexibility index (Phi) is 2.08. The van der Waals surface area contributed by atoms with E-state index in [1.807, 2.05) is 10.9 Å². The van der Waals surface area contributed by atoms with Gasteiger partial charge in [-0.25, -0.2) is 0 Å². The molecule has 1 aromatic rings. The zero-order valence-electron chi connectivity index (χ0n) is 7.06. The van der Waals surface area contributed by atoms with Gasteiger partial charge in [-0.05, 0) is 18.8 Å². The Hall–Kier alpha value is -0.900. The van der Waals surface area contributed by atoms with Crippen LogP contribution < -0.4 is 5.73 Å². The molecule has 1 aliphatic rings. The van der Waals surface area contributed by atoms with Crippen LogP contribution in [0.25, 0.3) is 0 Å². The maximum absolute atomic E-state index is 5.93. The van der Waals surface area contributed by atoms with Gasteiger partial charge in [0.05, 0.1) is 6.20 Å². The van der Waals surface area contributed by atoms with Crippen LogP contribution in [0.3, 0.4) is 0 Å². The lowest BCUT2D eigenvalue weighted by atomic mass is 10.1. The van der Waals surface area contributed by atoms with Crippen molar-refractivity contribution < 1.29 is 0 Å². The Morgan fingerprint density at radius 3 is 3.00 bits per heavy atom. The molecule has 2 atom stereocenters. The molecule has 1 saturated carbocycles. The number of aromatic nitrogens is 3. The number of nitrogens with zero attached hydrogens (tertiary/aromatic N) is 3. The van der Waals surface area contributed by atoms with Crippen LogP contribution in [0.1, 0.15) is 19.3 Å². The van der Waals surface area contributed by atoms with Crippen molar-refractivity contribution in [2.75, 3.05) is 0 Å². The summed E-state index contributed by atoms with van der Waals surface area (Å²) in [5.41, 5.74) is 5.93. The van der Waals surface area contributed by atoms with Crippen LogP contribution in [0.5, 0.6) is 0 Å². The van der Waals surface area contributed by atoms with Crippen molar-refractivity contribution >= 4 is 0 Å². The summed E-state index contributed by atoms with van der Waals surface area (Å²) in [5, 5.41) is 7.69. The molecule has 1 aliphatic carbocycles. The van der Waals surface area contributed by atoms with Crippen LogP contribution in [0.15, 0.2) is 12.4 Å². The van der Waals surface area contributed by atoms with Crippen molar-refractivity contribution in [2.45, 2.75) is 31.8 Å². The Balaban J connectivity index is 1.95. The van der Waals surface area contributed by atoms with Gasteiger partial charge in [-0.1, -0.05) is 11.6 Å². The summed E-state index contributed by atoms with van der Waals surface area (Å²) < 4.78 is 1.87. The molecule has 1 aromatic heterocycles. The zero-order chi connectivity index (χ0) is 8.39. The van der Waals surface area contributed by atoms with Crippen molar-refractivity contribution in [3.8, 4) is 0 Å². The van der Waals surface area contributed by atoms with Crippen LogP contribution in [-0.2, 0) is 6.54 Å². The van der Waals surface area contributed by atoms with Crippen molar-refractivity contribution in [3.63, 3.8) is 0 Å². The van der Waals surface area contributed by atoms with E-state index >= 15 is 0 Å². The van der Waals surface area contributed by atoms with E-state index < -0.39 is 0 Å². The Bertz CT molecular complexity index is 231. The Morgan fingerprint density at radius 1 is 1.50 bits per heavy atom. The highest BCUT2D eigenvalue weighted by Gasteiger charge is 2.24. The van der Waals surface area contributed by atoms with Crippen LogP contribution in [0.4, 0.5) is 0 Å². The molecule has 66 valence electrons. The van der Waals surface area contributed by atoms with Crippen molar-refractivity contribution in [3.05, 3.63) is 12.4 Å². The molecular weight excluding hydrogens is 152 g/mol. The van der Waals surface area contributed by atoms with Gasteiger partial charge in [0.25, 0.3) is 0 Å². The number of hydrogen-bond acceptors (Lipinski definition) is 3. The average Bonchev–Trinajstić information content (AvgIpc) is 2.65. The minimum Gasteiger partial charge on any atom is -0.327 e. The third-order valence-electron chi connectivity index (χ3n) is 2.61. The first-order valence-electron chi connectivity index (χ1n) is 4.46. The number of nitrogens with two attached hydrogens (primary N) is 1. The Labute approximate surface area is 71.8 Å². The summed E-state index contributed by atoms with van der Waals surface area (Å²) in [6.45, 7) is 0.932. The molecule has 1 heterocycles. The predicted octanol–water partition coefficient (Wildman–Crippen LogP) is 0.405. The lowest BCUT2D eigenvalue weighted by Gasteiger charge is -2.13. The monoisotopic (exact) mass is 166 g/mol. The number of hydrogen-bond donors (Lipinski definition) is 1. The number of rotatable bonds is 2. The lowest BCUT2D eigenvalue weighted by molar-refractivity contribution is 0.385. The van der Waals surface area contributed by atoms with E-state index in [9.17, 15) is 0 Å². The molecule has 0 radical (unpaired) electrons. The molecule has 4 nitrogen and oxygen atoms in total. The SMILES string of the molecule is N[C@H]1CCC[C@H]1Cn1ccnn1. The first kappa shape index (κ1) is 7.73.